The summed E-state index contributed by atoms with van der Waals surface area (Å²) in [6.07, 6.45) is 0.973. The first-order chi connectivity index (χ1) is 8.60. The van der Waals surface area contributed by atoms with E-state index in [0.29, 0.717) is 11.6 Å². The lowest BCUT2D eigenvalue weighted by atomic mass is 10.2. The standard InChI is InChI=1S/C13H15N3S2/c1-8(6-11-5-4-9(2)17-11)15-13-12(7-14)10(3)16-18-13/h4-5,8,15H,6H2,1-3H3. The summed E-state index contributed by atoms with van der Waals surface area (Å²) in [6.45, 7) is 6.12. The Morgan fingerprint density at radius 2 is 2.22 bits per heavy atom. The van der Waals surface area contributed by atoms with Crippen LogP contribution in [0.5, 0.6) is 0 Å². The second-order valence-electron chi connectivity index (χ2n) is 4.35. The Labute approximate surface area is 115 Å². The maximum Gasteiger partial charge on any atom is 0.127 e. The number of nitrogens with zero attached hydrogens (tertiary/aromatic N) is 2. The second-order valence-corrected chi connectivity index (χ2v) is 6.49. The summed E-state index contributed by atoms with van der Waals surface area (Å²) < 4.78 is 4.21. The molecule has 2 aromatic heterocycles. The van der Waals surface area contributed by atoms with Crippen molar-refractivity contribution in [3.8, 4) is 6.07 Å². The van der Waals surface area contributed by atoms with Crippen LogP contribution in [0.4, 0.5) is 5.00 Å². The van der Waals surface area contributed by atoms with Crippen LogP contribution in [0.3, 0.4) is 0 Å². The normalized spacial score (nSPS) is 12.1. The van der Waals surface area contributed by atoms with E-state index in [1.807, 2.05) is 18.3 Å². The quantitative estimate of drug-likeness (QED) is 0.926. The molecule has 5 heteroatoms. The molecule has 0 aromatic carbocycles. The summed E-state index contributed by atoms with van der Waals surface area (Å²) in [4.78, 5) is 2.70. The van der Waals surface area contributed by atoms with Crippen molar-refractivity contribution >= 4 is 27.9 Å². The molecule has 1 N–H and O–H groups in total. The van der Waals surface area contributed by atoms with Crippen molar-refractivity contribution in [3.63, 3.8) is 0 Å². The number of rotatable bonds is 4. The smallest absolute Gasteiger partial charge is 0.127 e. The van der Waals surface area contributed by atoms with Crippen LogP contribution in [0.2, 0.25) is 0 Å². The zero-order valence-corrected chi connectivity index (χ0v) is 12.3. The Morgan fingerprint density at radius 1 is 1.44 bits per heavy atom. The van der Waals surface area contributed by atoms with Crippen molar-refractivity contribution in [2.75, 3.05) is 5.32 Å². The van der Waals surface area contributed by atoms with E-state index in [-0.39, 0.29) is 0 Å². The SMILES string of the molecule is Cc1ccc(CC(C)Nc2snc(C)c2C#N)s1. The number of nitrogens with one attached hydrogen (secondary N) is 1. The van der Waals surface area contributed by atoms with Gasteiger partial charge in [0, 0.05) is 22.2 Å². The van der Waals surface area contributed by atoms with Gasteiger partial charge in [0.1, 0.15) is 16.6 Å². The highest BCUT2D eigenvalue weighted by molar-refractivity contribution is 7.12. The van der Waals surface area contributed by atoms with Crippen molar-refractivity contribution in [2.24, 2.45) is 0 Å². The summed E-state index contributed by atoms with van der Waals surface area (Å²) in [5, 5.41) is 13.3. The zero-order valence-electron chi connectivity index (χ0n) is 10.7. The van der Waals surface area contributed by atoms with E-state index in [2.05, 4.69) is 41.7 Å². The maximum absolute atomic E-state index is 9.07. The third-order valence-corrected chi connectivity index (χ3v) is 4.55. The van der Waals surface area contributed by atoms with Gasteiger partial charge in [-0.3, -0.25) is 0 Å². The van der Waals surface area contributed by atoms with E-state index in [9.17, 15) is 0 Å². The predicted molar refractivity (Wildman–Crippen MR) is 77.4 cm³/mol. The molecule has 0 spiro atoms. The van der Waals surface area contributed by atoms with Crippen molar-refractivity contribution in [2.45, 2.75) is 33.2 Å². The van der Waals surface area contributed by atoms with Crippen LogP contribution >= 0.6 is 22.9 Å². The summed E-state index contributed by atoms with van der Waals surface area (Å²) in [6, 6.07) is 6.82. The van der Waals surface area contributed by atoms with E-state index < -0.39 is 0 Å². The van der Waals surface area contributed by atoms with Crippen LogP contribution in [0, 0.1) is 25.2 Å². The molecular formula is C13H15N3S2. The van der Waals surface area contributed by atoms with E-state index in [1.54, 1.807) is 0 Å². The van der Waals surface area contributed by atoms with E-state index in [4.69, 9.17) is 5.26 Å². The Kier molecular flexibility index (Phi) is 4.00. The molecule has 0 amide bonds. The zero-order chi connectivity index (χ0) is 13.1. The van der Waals surface area contributed by atoms with Crippen LogP contribution in [0.15, 0.2) is 12.1 Å². The second kappa shape index (κ2) is 5.51. The number of aryl methyl sites for hydroxylation is 2. The number of thiophene rings is 1. The molecule has 3 nitrogen and oxygen atoms in total. The van der Waals surface area contributed by atoms with Gasteiger partial charge < -0.3 is 5.32 Å². The minimum absolute atomic E-state index is 0.301. The minimum atomic E-state index is 0.301. The molecule has 94 valence electrons. The molecule has 0 saturated heterocycles. The van der Waals surface area contributed by atoms with Crippen LogP contribution in [-0.4, -0.2) is 10.4 Å². The fourth-order valence-corrected chi connectivity index (χ4v) is 3.65. The van der Waals surface area contributed by atoms with Gasteiger partial charge in [0.25, 0.3) is 0 Å². The van der Waals surface area contributed by atoms with Crippen LogP contribution < -0.4 is 5.32 Å². The van der Waals surface area contributed by atoms with E-state index in [0.717, 1.165) is 17.1 Å². The van der Waals surface area contributed by atoms with E-state index >= 15 is 0 Å². The Morgan fingerprint density at radius 3 is 2.83 bits per heavy atom. The van der Waals surface area contributed by atoms with Gasteiger partial charge in [0.15, 0.2) is 0 Å². The van der Waals surface area contributed by atoms with Gasteiger partial charge in [0.05, 0.1) is 5.69 Å². The number of hydrogen-bond acceptors (Lipinski definition) is 5. The summed E-state index contributed by atoms with van der Waals surface area (Å²) >= 11 is 3.19. The first kappa shape index (κ1) is 13.1. The first-order valence-electron chi connectivity index (χ1n) is 5.78. The molecule has 2 heterocycles. The van der Waals surface area contributed by atoms with Crippen molar-refractivity contribution in [3.05, 3.63) is 33.1 Å². The number of nitriles is 1. The summed E-state index contributed by atoms with van der Waals surface area (Å²) in [5.41, 5.74) is 1.48. The van der Waals surface area contributed by atoms with Gasteiger partial charge >= 0.3 is 0 Å². The van der Waals surface area contributed by atoms with Crippen molar-refractivity contribution < 1.29 is 0 Å². The average molecular weight is 277 g/mol. The molecule has 0 bridgehead atoms. The molecule has 0 aliphatic carbocycles. The molecule has 1 unspecified atom stereocenters. The van der Waals surface area contributed by atoms with Crippen molar-refractivity contribution in [1.29, 1.82) is 5.26 Å². The number of anilines is 1. The lowest BCUT2D eigenvalue weighted by Gasteiger charge is -2.12. The fourth-order valence-electron chi connectivity index (χ4n) is 1.77. The van der Waals surface area contributed by atoms with Gasteiger partial charge in [-0.25, -0.2) is 0 Å². The lowest BCUT2D eigenvalue weighted by Crippen LogP contribution is -2.17. The van der Waals surface area contributed by atoms with Crippen LogP contribution in [-0.2, 0) is 6.42 Å². The molecule has 0 aliphatic rings. The molecular weight excluding hydrogens is 262 g/mol. The highest BCUT2D eigenvalue weighted by atomic mass is 32.1. The molecule has 0 saturated carbocycles. The maximum atomic E-state index is 9.07. The molecule has 2 aromatic rings. The highest BCUT2D eigenvalue weighted by Crippen LogP contribution is 2.25. The highest BCUT2D eigenvalue weighted by Gasteiger charge is 2.13. The Balaban J connectivity index is 2.03. The predicted octanol–water partition coefficient (Wildman–Crippen LogP) is 3.74. The lowest BCUT2D eigenvalue weighted by molar-refractivity contribution is 0.803. The molecule has 1 atom stereocenters. The first-order valence-corrected chi connectivity index (χ1v) is 7.37. The van der Waals surface area contributed by atoms with Crippen LogP contribution in [0.25, 0.3) is 0 Å². The van der Waals surface area contributed by atoms with Crippen molar-refractivity contribution in [1.82, 2.24) is 4.37 Å². The number of hydrogen-bond donors (Lipinski definition) is 1. The summed E-state index contributed by atoms with van der Waals surface area (Å²) in [5.74, 6) is 0. The summed E-state index contributed by atoms with van der Waals surface area (Å²) in [7, 11) is 0. The molecule has 0 aliphatic heterocycles. The topological polar surface area (TPSA) is 48.7 Å². The largest absolute Gasteiger partial charge is 0.372 e. The van der Waals surface area contributed by atoms with Gasteiger partial charge in [-0.1, -0.05) is 0 Å². The molecule has 0 fully saturated rings. The Hall–Kier alpha value is -1.38. The molecule has 0 radical (unpaired) electrons. The molecule has 18 heavy (non-hydrogen) atoms. The average Bonchev–Trinajstić information content (AvgIpc) is 2.86. The van der Waals surface area contributed by atoms with Gasteiger partial charge in [0.2, 0.25) is 0 Å². The molecule has 2 rings (SSSR count). The minimum Gasteiger partial charge on any atom is -0.372 e. The van der Waals surface area contributed by atoms with Gasteiger partial charge in [-0.05, 0) is 44.4 Å². The van der Waals surface area contributed by atoms with Gasteiger partial charge in [-0.15, -0.1) is 11.3 Å². The number of aromatic nitrogens is 1. The van der Waals surface area contributed by atoms with Crippen LogP contribution in [0.1, 0.15) is 27.9 Å². The fraction of sp³-hybridized carbons (Fsp3) is 0.385. The van der Waals surface area contributed by atoms with Gasteiger partial charge in [-0.2, -0.15) is 9.64 Å². The third kappa shape index (κ3) is 2.89. The monoisotopic (exact) mass is 277 g/mol. The Bertz CT molecular complexity index is 577. The van der Waals surface area contributed by atoms with E-state index in [1.165, 1.54) is 21.3 Å². The third-order valence-electron chi connectivity index (χ3n) is 2.66.